The Labute approximate surface area is 143 Å². The van der Waals surface area contributed by atoms with Crippen LogP contribution in [-0.4, -0.2) is 49.4 Å². The molecule has 1 N–H and O–H groups in total. The smallest absolute Gasteiger partial charge is 0.289 e. The molecule has 1 aliphatic carbocycles. The zero-order valence-electron chi connectivity index (χ0n) is 15.2. The summed E-state index contributed by atoms with van der Waals surface area (Å²) in [5, 5.41) is 2.93. The molecular formula is C18H29F2N3O. The van der Waals surface area contributed by atoms with Crippen LogP contribution in [0.2, 0.25) is 0 Å². The van der Waals surface area contributed by atoms with Crippen LogP contribution < -0.4 is 5.32 Å². The van der Waals surface area contributed by atoms with E-state index in [0.717, 1.165) is 25.0 Å². The highest BCUT2D eigenvalue weighted by atomic mass is 19.1. The SMILES string of the molecule is CC.CN=C(NC1=C(C)CC=C1F)OC[C@@]12CCCN1C[C@H](F)C2. The van der Waals surface area contributed by atoms with Crippen LogP contribution in [0.25, 0.3) is 0 Å². The summed E-state index contributed by atoms with van der Waals surface area (Å²) in [5.74, 6) is -0.271. The van der Waals surface area contributed by atoms with Crippen LogP contribution in [0, 0.1) is 0 Å². The van der Waals surface area contributed by atoms with E-state index >= 15 is 0 Å². The van der Waals surface area contributed by atoms with Crippen molar-refractivity contribution in [3.05, 3.63) is 23.2 Å². The maximum Gasteiger partial charge on any atom is 0.289 e. The molecule has 0 aromatic carbocycles. The Morgan fingerprint density at radius 1 is 1.50 bits per heavy atom. The second-order valence-corrected chi connectivity index (χ2v) is 6.43. The summed E-state index contributed by atoms with van der Waals surface area (Å²) < 4.78 is 33.2. The molecule has 0 unspecified atom stereocenters. The predicted octanol–water partition coefficient (Wildman–Crippen LogP) is 3.71. The van der Waals surface area contributed by atoms with Gasteiger partial charge in [-0.05, 0) is 44.4 Å². The van der Waals surface area contributed by atoms with Gasteiger partial charge in [0.05, 0.1) is 11.2 Å². The van der Waals surface area contributed by atoms with E-state index in [4.69, 9.17) is 4.74 Å². The van der Waals surface area contributed by atoms with Gasteiger partial charge in [-0.25, -0.2) is 13.8 Å². The Bertz CT molecular complexity index is 544. The van der Waals surface area contributed by atoms with Gasteiger partial charge in [0.15, 0.2) is 0 Å². The summed E-state index contributed by atoms with van der Waals surface area (Å²) in [6.07, 6.45) is 3.89. The Morgan fingerprint density at radius 2 is 2.25 bits per heavy atom. The molecule has 4 nitrogen and oxygen atoms in total. The third-order valence-electron chi connectivity index (χ3n) is 4.93. The average molecular weight is 341 g/mol. The van der Waals surface area contributed by atoms with Gasteiger partial charge >= 0.3 is 0 Å². The van der Waals surface area contributed by atoms with Crippen molar-refractivity contribution in [1.29, 1.82) is 0 Å². The van der Waals surface area contributed by atoms with Crippen LogP contribution in [-0.2, 0) is 4.74 Å². The first-order valence-electron chi connectivity index (χ1n) is 8.85. The largest absolute Gasteiger partial charge is 0.463 e. The molecule has 3 aliphatic rings. The molecule has 24 heavy (non-hydrogen) atoms. The van der Waals surface area contributed by atoms with Crippen LogP contribution in [0.15, 0.2) is 28.2 Å². The number of halogens is 2. The first-order valence-corrected chi connectivity index (χ1v) is 8.85. The van der Waals surface area contributed by atoms with Gasteiger partial charge in [0.1, 0.15) is 18.6 Å². The number of nitrogens with one attached hydrogen (secondary N) is 1. The molecule has 0 bridgehead atoms. The standard InChI is InChI=1S/C16H23F2N3O.C2H6/c1-11-4-5-13(18)14(11)20-15(19-2)22-10-16-6-3-7-21(16)9-12(17)8-16;1-2/h5,12H,3-4,6-10H2,1-2H3,(H,19,20);1-2H3/t12-,16+;/m1./s1. The zero-order valence-corrected chi connectivity index (χ0v) is 15.2. The van der Waals surface area contributed by atoms with Crippen molar-refractivity contribution in [2.45, 2.75) is 58.2 Å². The monoisotopic (exact) mass is 341 g/mol. The van der Waals surface area contributed by atoms with E-state index < -0.39 is 6.17 Å². The summed E-state index contributed by atoms with van der Waals surface area (Å²) in [6, 6.07) is 0.295. The average Bonchev–Trinajstić information content (AvgIpc) is 3.19. The number of nitrogens with zero attached hydrogens (tertiary/aromatic N) is 2. The topological polar surface area (TPSA) is 36.9 Å². The Hall–Kier alpha value is -1.43. The third-order valence-corrected chi connectivity index (χ3v) is 4.93. The van der Waals surface area contributed by atoms with E-state index in [9.17, 15) is 8.78 Å². The second-order valence-electron chi connectivity index (χ2n) is 6.43. The van der Waals surface area contributed by atoms with Gasteiger partial charge in [-0.2, -0.15) is 0 Å². The van der Waals surface area contributed by atoms with Gasteiger partial charge in [-0.1, -0.05) is 13.8 Å². The maximum atomic E-state index is 13.7. The van der Waals surface area contributed by atoms with Crippen molar-refractivity contribution in [3.8, 4) is 0 Å². The number of allylic oxidation sites excluding steroid dienone is 3. The molecule has 0 aromatic heterocycles. The molecule has 0 radical (unpaired) electrons. The highest BCUT2D eigenvalue weighted by molar-refractivity contribution is 5.77. The van der Waals surface area contributed by atoms with Crippen molar-refractivity contribution >= 4 is 6.02 Å². The summed E-state index contributed by atoms with van der Waals surface area (Å²) in [7, 11) is 1.60. The van der Waals surface area contributed by atoms with Gasteiger partial charge in [0, 0.05) is 20.0 Å². The highest BCUT2D eigenvalue weighted by Gasteiger charge is 2.49. The van der Waals surface area contributed by atoms with Gasteiger partial charge in [-0.3, -0.25) is 4.90 Å². The van der Waals surface area contributed by atoms with Gasteiger partial charge in [0.25, 0.3) is 6.02 Å². The number of hydrogen-bond acceptors (Lipinski definition) is 3. The number of alkyl halides is 1. The quantitative estimate of drug-likeness (QED) is 0.628. The lowest BCUT2D eigenvalue weighted by Crippen LogP contribution is -2.44. The van der Waals surface area contributed by atoms with E-state index in [1.807, 2.05) is 20.8 Å². The number of rotatable bonds is 3. The molecule has 0 saturated carbocycles. The van der Waals surface area contributed by atoms with Crippen molar-refractivity contribution in [3.63, 3.8) is 0 Å². The number of ether oxygens (including phenoxy) is 1. The van der Waals surface area contributed by atoms with E-state index in [1.54, 1.807) is 7.05 Å². The van der Waals surface area contributed by atoms with Gasteiger partial charge in [0.2, 0.25) is 0 Å². The molecular weight excluding hydrogens is 312 g/mol. The molecule has 2 heterocycles. The number of amidine groups is 1. The van der Waals surface area contributed by atoms with Crippen LogP contribution in [0.3, 0.4) is 0 Å². The van der Waals surface area contributed by atoms with E-state index in [2.05, 4.69) is 15.2 Å². The highest BCUT2D eigenvalue weighted by Crippen LogP contribution is 2.40. The molecule has 2 aliphatic heterocycles. The molecule has 2 atom stereocenters. The normalized spacial score (nSPS) is 30.0. The Kier molecular flexibility index (Phi) is 6.38. The zero-order chi connectivity index (χ0) is 17.7. The van der Waals surface area contributed by atoms with Crippen LogP contribution in [0.4, 0.5) is 8.78 Å². The summed E-state index contributed by atoms with van der Waals surface area (Å²) in [5.41, 5.74) is 1.15. The number of aliphatic imine (C=N–C) groups is 1. The van der Waals surface area contributed by atoms with Gasteiger partial charge in [-0.15, -0.1) is 0 Å². The van der Waals surface area contributed by atoms with Crippen molar-refractivity contribution in [2.75, 3.05) is 26.7 Å². The van der Waals surface area contributed by atoms with Crippen molar-refractivity contribution < 1.29 is 13.5 Å². The molecule has 0 amide bonds. The minimum absolute atomic E-state index is 0.218. The lowest BCUT2D eigenvalue weighted by molar-refractivity contribution is 0.104. The fraction of sp³-hybridized carbons (Fsp3) is 0.722. The number of fused-ring (bicyclic) bond motifs is 1. The van der Waals surface area contributed by atoms with E-state index in [-0.39, 0.29) is 11.4 Å². The first-order chi connectivity index (χ1) is 11.5. The third kappa shape index (κ3) is 3.79. The number of hydrogen-bond donors (Lipinski definition) is 1. The first kappa shape index (κ1) is 18.9. The van der Waals surface area contributed by atoms with Gasteiger partial charge < -0.3 is 10.1 Å². The Morgan fingerprint density at radius 3 is 2.88 bits per heavy atom. The lowest BCUT2D eigenvalue weighted by Gasteiger charge is -2.31. The summed E-state index contributed by atoms with van der Waals surface area (Å²) in [4.78, 5) is 6.24. The van der Waals surface area contributed by atoms with Crippen LogP contribution in [0.1, 0.15) is 46.5 Å². The minimum Gasteiger partial charge on any atom is -0.463 e. The molecule has 6 heteroatoms. The van der Waals surface area contributed by atoms with Crippen molar-refractivity contribution in [1.82, 2.24) is 10.2 Å². The van der Waals surface area contributed by atoms with Crippen LogP contribution >= 0.6 is 0 Å². The Balaban J connectivity index is 0.00000100. The molecule has 136 valence electrons. The fourth-order valence-corrected chi connectivity index (χ4v) is 3.73. The minimum atomic E-state index is -0.779. The van der Waals surface area contributed by atoms with Crippen LogP contribution in [0.5, 0.6) is 0 Å². The molecule has 2 saturated heterocycles. The summed E-state index contributed by atoms with van der Waals surface area (Å²) in [6.45, 7) is 7.69. The lowest BCUT2D eigenvalue weighted by atomic mass is 9.95. The molecule has 0 aromatic rings. The fourth-order valence-electron chi connectivity index (χ4n) is 3.73. The predicted molar refractivity (Wildman–Crippen MR) is 93.4 cm³/mol. The second kappa shape index (κ2) is 8.10. The molecule has 0 spiro atoms. The molecule has 2 fully saturated rings. The maximum absolute atomic E-state index is 13.7. The van der Waals surface area contributed by atoms with Crippen molar-refractivity contribution in [2.24, 2.45) is 4.99 Å². The van der Waals surface area contributed by atoms with E-state index in [1.165, 1.54) is 6.08 Å². The van der Waals surface area contributed by atoms with E-state index in [0.29, 0.717) is 37.7 Å². The molecule has 3 rings (SSSR count). The summed E-state index contributed by atoms with van der Waals surface area (Å²) >= 11 is 0.